The summed E-state index contributed by atoms with van der Waals surface area (Å²) >= 11 is 0. The molecule has 0 aromatic heterocycles. The molecule has 1 N–H and O–H groups in total. The molecule has 94 valence electrons. The number of ether oxygens (including phenoxy) is 1. The summed E-state index contributed by atoms with van der Waals surface area (Å²) in [6, 6.07) is 2.57. The van der Waals surface area contributed by atoms with Crippen LogP contribution < -0.4 is 4.74 Å². The number of halogens is 4. The van der Waals surface area contributed by atoms with Crippen LogP contribution in [0.1, 0.15) is 22.3 Å². The van der Waals surface area contributed by atoms with Gasteiger partial charge < -0.3 is 9.84 Å². The van der Waals surface area contributed by atoms with Gasteiger partial charge in [-0.05, 0) is 18.2 Å². The fourth-order valence-electron chi connectivity index (χ4n) is 1.13. The number of benzene rings is 1. The van der Waals surface area contributed by atoms with Crippen LogP contribution in [0, 0.1) is 0 Å². The van der Waals surface area contributed by atoms with Crippen molar-refractivity contribution in [1.29, 1.82) is 0 Å². The van der Waals surface area contributed by atoms with E-state index in [0.717, 1.165) is 12.1 Å². The van der Waals surface area contributed by atoms with Crippen LogP contribution in [0.2, 0.25) is 0 Å². The number of carboxylic acid groups (broad SMARTS) is 1. The molecule has 0 aliphatic rings. The molecule has 0 radical (unpaired) electrons. The van der Waals surface area contributed by atoms with Gasteiger partial charge in [0.05, 0.1) is 0 Å². The number of aromatic carboxylic acids is 1. The zero-order valence-electron chi connectivity index (χ0n) is 8.37. The molecule has 0 fully saturated rings. The molecule has 17 heavy (non-hydrogen) atoms. The lowest BCUT2D eigenvalue weighted by molar-refractivity contribution is 0.0663. The van der Waals surface area contributed by atoms with E-state index in [1.165, 1.54) is 0 Å². The summed E-state index contributed by atoms with van der Waals surface area (Å²) in [5, 5.41) is 8.72. The normalized spacial score (nSPS) is 10.9. The number of rotatable bonds is 5. The first-order valence-electron chi connectivity index (χ1n) is 4.48. The number of hydrogen-bond acceptors (Lipinski definition) is 2. The highest BCUT2D eigenvalue weighted by Gasteiger charge is 2.17. The van der Waals surface area contributed by atoms with E-state index in [9.17, 15) is 22.4 Å². The average Bonchev–Trinajstić information content (AvgIpc) is 2.25. The molecule has 0 spiro atoms. The van der Waals surface area contributed by atoms with Crippen LogP contribution >= 0.6 is 0 Å². The Balaban J connectivity index is 3.00. The van der Waals surface area contributed by atoms with Crippen molar-refractivity contribution in [3.63, 3.8) is 0 Å². The lowest BCUT2D eigenvalue weighted by Gasteiger charge is -2.10. The lowest BCUT2D eigenvalue weighted by Crippen LogP contribution is -2.10. The number of carbonyl (C=O) groups is 1. The predicted molar refractivity (Wildman–Crippen MR) is 49.9 cm³/mol. The van der Waals surface area contributed by atoms with Crippen molar-refractivity contribution in [3.05, 3.63) is 29.3 Å². The number of alkyl halides is 4. The molecule has 0 unspecified atom stereocenters. The van der Waals surface area contributed by atoms with Gasteiger partial charge in [-0.3, -0.25) is 0 Å². The highest BCUT2D eigenvalue weighted by molar-refractivity contribution is 5.91. The van der Waals surface area contributed by atoms with Crippen LogP contribution in [0.25, 0.3) is 0 Å². The number of hydrogen-bond donors (Lipinski definition) is 1. The van der Waals surface area contributed by atoms with Crippen LogP contribution in [0.15, 0.2) is 18.2 Å². The van der Waals surface area contributed by atoms with Gasteiger partial charge in [-0.15, -0.1) is 0 Å². The van der Waals surface area contributed by atoms with Gasteiger partial charge in [0.1, 0.15) is 17.9 Å². The highest BCUT2D eigenvalue weighted by Crippen LogP contribution is 2.26. The standard InChI is InChI=1S/C10H8F4O3/c11-8(12)4-17-7-2-1-5(9(13)14)3-6(7)10(15)16/h1-3,8-9H,4H2,(H,15,16). The van der Waals surface area contributed by atoms with Crippen molar-refractivity contribution in [2.75, 3.05) is 6.61 Å². The predicted octanol–water partition coefficient (Wildman–Crippen LogP) is 2.97. The van der Waals surface area contributed by atoms with Crippen LogP contribution in [-0.2, 0) is 0 Å². The molecule has 0 bridgehead atoms. The summed E-state index contributed by atoms with van der Waals surface area (Å²) in [5.41, 5.74) is -1.07. The zero-order valence-corrected chi connectivity index (χ0v) is 8.37. The maximum absolute atomic E-state index is 12.3. The molecule has 1 aromatic carbocycles. The van der Waals surface area contributed by atoms with Crippen LogP contribution in [0.3, 0.4) is 0 Å². The third-order valence-electron chi connectivity index (χ3n) is 1.85. The maximum Gasteiger partial charge on any atom is 0.339 e. The lowest BCUT2D eigenvalue weighted by atomic mass is 10.1. The van der Waals surface area contributed by atoms with Gasteiger partial charge in [-0.1, -0.05) is 0 Å². The van der Waals surface area contributed by atoms with Crippen molar-refractivity contribution in [1.82, 2.24) is 0 Å². The van der Waals surface area contributed by atoms with E-state index in [-0.39, 0.29) is 5.75 Å². The van der Waals surface area contributed by atoms with Gasteiger partial charge in [0, 0.05) is 5.56 Å². The summed E-state index contributed by atoms with van der Waals surface area (Å²) in [4.78, 5) is 10.7. The van der Waals surface area contributed by atoms with Crippen molar-refractivity contribution in [2.45, 2.75) is 12.9 Å². The second-order valence-corrected chi connectivity index (χ2v) is 3.06. The molecule has 0 heterocycles. The first-order valence-corrected chi connectivity index (χ1v) is 4.48. The van der Waals surface area contributed by atoms with Crippen LogP contribution in [-0.4, -0.2) is 24.1 Å². The van der Waals surface area contributed by atoms with Crippen LogP contribution in [0.4, 0.5) is 17.6 Å². The molecule has 0 saturated carbocycles. The van der Waals surface area contributed by atoms with E-state index in [0.29, 0.717) is 6.07 Å². The van der Waals surface area contributed by atoms with E-state index < -0.39 is 36.6 Å². The van der Waals surface area contributed by atoms with Crippen molar-refractivity contribution in [2.24, 2.45) is 0 Å². The van der Waals surface area contributed by atoms with Gasteiger partial charge in [-0.25, -0.2) is 22.4 Å². The Morgan fingerprint density at radius 2 is 1.94 bits per heavy atom. The van der Waals surface area contributed by atoms with E-state index in [4.69, 9.17) is 5.11 Å². The molecular weight excluding hydrogens is 244 g/mol. The van der Waals surface area contributed by atoms with E-state index in [1.807, 2.05) is 0 Å². The molecule has 1 rings (SSSR count). The first kappa shape index (κ1) is 13.3. The average molecular weight is 252 g/mol. The molecular formula is C10H8F4O3. The van der Waals surface area contributed by atoms with Crippen molar-refractivity contribution >= 4 is 5.97 Å². The Kier molecular flexibility index (Phi) is 4.30. The fourth-order valence-corrected chi connectivity index (χ4v) is 1.13. The SMILES string of the molecule is O=C(O)c1cc(C(F)F)ccc1OCC(F)F. The van der Waals surface area contributed by atoms with E-state index in [1.54, 1.807) is 0 Å². The molecule has 0 aliphatic heterocycles. The maximum atomic E-state index is 12.3. The van der Waals surface area contributed by atoms with E-state index >= 15 is 0 Å². The largest absolute Gasteiger partial charge is 0.487 e. The van der Waals surface area contributed by atoms with Crippen molar-refractivity contribution in [3.8, 4) is 5.75 Å². The van der Waals surface area contributed by atoms with Gasteiger partial charge >= 0.3 is 5.97 Å². The quantitative estimate of drug-likeness (QED) is 0.819. The minimum atomic E-state index is -2.84. The summed E-state index contributed by atoms with van der Waals surface area (Å²) in [5.74, 6) is -1.88. The van der Waals surface area contributed by atoms with Crippen molar-refractivity contribution < 1.29 is 32.2 Å². The molecule has 0 amide bonds. The topological polar surface area (TPSA) is 46.5 Å². The minimum absolute atomic E-state index is 0.359. The van der Waals surface area contributed by atoms with Gasteiger partial charge in [-0.2, -0.15) is 0 Å². The monoisotopic (exact) mass is 252 g/mol. The minimum Gasteiger partial charge on any atom is -0.487 e. The van der Waals surface area contributed by atoms with Gasteiger partial charge in [0.25, 0.3) is 12.9 Å². The zero-order chi connectivity index (χ0) is 13.0. The third-order valence-corrected chi connectivity index (χ3v) is 1.85. The first-order chi connectivity index (χ1) is 7.91. The Morgan fingerprint density at radius 1 is 1.29 bits per heavy atom. The summed E-state index contributed by atoms with van der Waals surface area (Å²) in [7, 11) is 0. The van der Waals surface area contributed by atoms with E-state index in [2.05, 4.69) is 4.74 Å². The highest BCUT2D eigenvalue weighted by atomic mass is 19.3. The molecule has 1 aromatic rings. The fraction of sp³-hybridized carbons (Fsp3) is 0.300. The Labute approximate surface area is 93.6 Å². The summed E-state index contributed by atoms with van der Waals surface area (Å²) in [6.07, 6.45) is -5.61. The molecule has 0 aliphatic carbocycles. The van der Waals surface area contributed by atoms with Gasteiger partial charge in [0.2, 0.25) is 0 Å². The molecule has 7 heteroatoms. The Hall–Kier alpha value is -1.79. The molecule has 0 atom stereocenters. The second kappa shape index (κ2) is 5.51. The Morgan fingerprint density at radius 3 is 2.41 bits per heavy atom. The smallest absolute Gasteiger partial charge is 0.339 e. The molecule has 3 nitrogen and oxygen atoms in total. The molecule has 0 saturated heterocycles. The Bertz CT molecular complexity index is 407. The third kappa shape index (κ3) is 3.61. The summed E-state index contributed by atoms with van der Waals surface area (Å²) < 4.78 is 52.9. The second-order valence-electron chi connectivity index (χ2n) is 3.06. The summed E-state index contributed by atoms with van der Waals surface area (Å²) in [6.45, 7) is -0.992. The van der Waals surface area contributed by atoms with Gasteiger partial charge in [0.15, 0.2) is 0 Å². The van der Waals surface area contributed by atoms with Crippen LogP contribution in [0.5, 0.6) is 5.75 Å². The number of carboxylic acids is 1.